The maximum atomic E-state index is 5.67. The second-order valence-electron chi connectivity index (χ2n) is 4.87. The van der Waals surface area contributed by atoms with E-state index < -0.39 is 0 Å². The Kier molecular flexibility index (Phi) is 4.06. The molecule has 0 radical (unpaired) electrons. The summed E-state index contributed by atoms with van der Waals surface area (Å²) in [6.07, 6.45) is 2.62. The topological polar surface area (TPSA) is 21.3 Å². The molecule has 0 bridgehead atoms. The van der Waals surface area contributed by atoms with Gasteiger partial charge in [-0.1, -0.05) is 31.5 Å². The van der Waals surface area contributed by atoms with Crippen LogP contribution in [0.2, 0.25) is 0 Å². The first kappa shape index (κ1) is 12.4. The molecule has 1 fully saturated rings. The van der Waals surface area contributed by atoms with E-state index in [0.29, 0.717) is 12.1 Å². The molecule has 1 aliphatic carbocycles. The molecule has 1 saturated carbocycles. The number of para-hydroxylation sites is 1. The molecule has 0 aromatic heterocycles. The zero-order chi connectivity index (χ0) is 12.3. The smallest absolute Gasteiger partial charge is 0.124 e. The standard InChI is InChI=1S/C15H23NO/c1-4-12-10-14(12)16-11(3)13-8-6-7-9-15(13)17-5-2/h6-9,11-12,14,16H,4-5,10H2,1-3H3. The van der Waals surface area contributed by atoms with Crippen LogP contribution in [0.5, 0.6) is 5.75 Å². The molecule has 0 saturated heterocycles. The Morgan fingerprint density at radius 1 is 1.35 bits per heavy atom. The van der Waals surface area contributed by atoms with Crippen LogP contribution in [0.4, 0.5) is 0 Å². The summed E-state index contributed by atoms with van der Waals surface area (Å²) in [5.74, 6) is 1.90. The number of hydrogen-bond donors (Lipinski definition) is 1. The summed E-state index contributed by atoms with van der Waals surface area (Å²) < 4.78 is 5.67. The van der Waals surface area contributed by atoms with Crippen molar-refractivity contribution in [1.29, 1.82) is 0 Å². The van der Waals surface area contributed by atoms with Crippen molar-refractivity contribution in [3.63, 3.8) is 0 Å². The lowest BCUT2D eigenvalue weighted by molar-refractivity contribution is 0.332. The van der Waals surface area contributed by atoms with Crippen molar-refractivity contribution in [3.8, 4) is 5.75 Å². The average molecular weight is 233 g/mol. The van der Waals surface area contributed by atoms with Crippen molar-refractivity contribution in [2.45, 2.75) is 45.7 Å². The minimum atomic E-state index is 0.374. The zero-order valence-electron chi connectivity index (χ0n) is 11.1. The molecule has 2 rings (SSSR count). The predicted molar refractivity (Wildman–Crippen MR) is 71.3 cm³/mol. The van der Waals surface area contributed by atoms with Crippen LogP contribution in [0, 0.1) is 5.92 Å². The first-order valence-corrected chi connectivity index (χ1v) is 6.74. The summed E-state index contributed by atoms with van der Waals surface area (Å²) >= 11 is 0. The molecule has 1 aromatic carbocycles. The highest BCUT2D eigenvalue weighted by atomic mass is 16.5. The van der Waals surface area contributed by atoms with Gasteiger partial charge in [-0.25, -0.2) is 0 Å². The van der Waals surface area contributed by atoms with Gasteiger partial charge in [0.15, 0.2) is 0 Å². The highest BCUT2D eigenvalue weighted by Gasteiger charge is 2.36. The van der Waals surface area contributed by atoms with Gasteiger partial charge in [0.1, 0.15) is 5.75 Å². The summed E-state index contributed by atoms with van der Waals surface area (Å²) in [5.41, 5.74) is 1.27. The van der Waals surface area contributed by atoms with E-state index in [0.717, 1.165) is 18.3 Å². The highest BCUT2D eigenvalue weighted by molar-refractivity contribution is 5.35. The van der Waals surface area contributed by atoms with Crippen molar-refractivity contribution >= 4 is 0 Å². The predicted octanol–water partition coefficient (Wildman–Crippen LogP) is 3.53. The maximum Gasteiger partial charge on any atom is 0.124 e. The largest absolute Gasteiger partial charge is 0.494 e. The van der Waals surface area contributed by atoms with Crippen LogP contribution in [0.25, 0.3) is 0 Å². The molecule has 0 heterocycles. The summed E-state index contributed by atoms with van der Waals surface area (Å²) in [7, 11) is 0. The molecule has 3 unspecified atom stereocenters. The van der Waals surface area contributed by atoms with Gasteiger partial charge < -0.3 is 10.1 Å². The van der Waals surface area contributed by atoms with Gasteiger partial charge >= 0.3 is 0 Å². The summed E-state index contributed by atoms with van der Waals surface area (Å²) in [6, 6.07) is 9.42. The molecule has 0 spiro atoms. The maximum absolute atomic E-state index is 5.67. The zero-order valence-corrected chi connectivity index (χ0v) is 11.1. The Balaban J connectivity index is 2.00. The van der Waals surface area contributed by atoms with Crippen molar-refractivity contribution in [2.75, 3.05) is 6.61 Å². The van der Waals surface area contributed by atoms with Crippen molar-refractivity contribution in [3.05, 3.63) is 29.8 Å². The fraction of sp³-hybridized carbons (Fsp3) is 0.600. The lowest BCUT2D eigenvalue weighted by Crippen LogP contribution is -2.22. The molecule has 1 N–H and O–H groups in total. The van der Waals surface area contributed by atoms with Gasteiger partial charge in [-0.15, -0.1) is 0 Å². The van der Waals surface area contributed by atoms with E-state index in [-0.39, 0.29) is 0 Å². The number of hydrogen-bond acceptors (Lipinski definition) is 2. The highest BCUT2D eigenvalue weighted by Crippen LogP contribution is 2.36. The SMILES string of the molecule is CCOc1ccccc1C(C)NC1CC1CC. The molecule has 1 aliphatic rings. The van der Waals surface area contributed by atoms with E-state index in [1.165, 1.54) is 18.4 Å². The molecular formula is C15H23NO. The molecular weight excluding hydrogens is 210 g/mol. The van der Waals surface area contributed by atoms with E-state index >= 15 is 0 Å². The quantitative estimate of drug-likeness (QED) is 0.811. The summed E-state index contributed by atoms with van der Waals surface area (Å²) in [6.45, 7) is 7.25. The normalized spacial score (nSPS) is 24.4. The summed E-state index contributed by atoms with van der Waals surface area (Å²) in [5, 5.41) is 3.69. The van der Waals surface area contributed by atoms with Gasteiger partial charge in [0.25, 0.3) is 0 Å². The Labute approximate surface area is 104 Å². The minimum Gasteiger partial charge on any atom is -0.494 e. The molecule has 3 atom stereocenters. The van der Waals surface area contributed by atoms with Crippen LogP contribution in [0.15, 0.2) is 24.3 Å². The Bertz CT molecular complexity index is 364. The van der Waals surface area contributed by atoms with Gasteiger partial charge in [0, 0.05) is 17.6 Å². The van der Waals surface area contributed by atoms with E-state index in [9.17, 15) is 0 Å². The van der Waals surface area contributed by atoms with E-state index in [4.69, 9.17) is 4.74 Å². The first-order valence-electron chi connectivity index (χ1n) is 6.74. The van der Waals surface area contributed by atoms with Crippen molar-refractivity contribution in [1.82, 2.24) is 5.32 Å². The van der Waals surface area contributed by atoms with Crippen LogP contribution in [0.1, 0.15) is 45.2 Å². The van der Waals surface area contributed by atoms with Crippen LogP contribution in [0.3, 0.4) is 0 Å². The summed E-state index contributed by atoms with van der Waals surface area (Å²) in [4.78, 5) is 0. The number of ether oxygens (including phenoxy) is 1. The average Bonchev–Trinajstić information content (AvgIpc) is 3.08. The van der Waals surface area contributed by atoms with Crippen molar-refractivity contribution in [2.24, 2.45) is 5.92 Å². The first-order chi connectivity index (χ1) is 8.26. The molecule has 0 amide bonds. The monoisotopic (exact) mass is 233 g/mol. The number of rotatable bonds is 6. The Morgan fingerprint density at radius 3 is 2.76 bits per heavy atom. The van der Waals surface area contributed by atoms with E-state index in [1.54, 1.807) is 0 Å². The number of nitrogens with one attached hydrogen (secondary N) is 1. The number of benzene rings is 1. The second kappa shape index (κ2) is 5.54. The van der Waals surface area contributed by atoms with Gasteiger partial charge in [0.2, 0.25) is 0 Å². The van der Waals surface area contributed by atoms with Crippen LogP contribution in [-0.4, -0.2) is 12.6 Å². The molecule has 94 valence electrons. The van der Waals surface area contributed by atoms with E-state index in [1.807, 2.05) is 13.0 Å². The van der Waals surface area contributed by atoms with E-state index in [2.05, 4.69) is 37.4 Å². The van der Waals surface area contributed by atoms with Gasteiger partial charge in [-0.05, 0) is 32.3 Å². The second-order valence-corrected chi connectivity index (χ2v) is 4.87. The lowest BCUT2D eigenvalue weighted by Gasteiger charge is -2.18. The van der Waals surface area contributed by atoms with Crippen LogP contribution in [-0.2, 0) is 0 Å². The Hall–Kier alpha value is -1.02. The fourth-order valence-corrected chi connectivity index (χ4v) is 2.44. The van der Waals surface area contributed by atoms with Gasteiger partial charge in [-0.3, -0.25) is 0 Å². The molecule has 1 aromatic rings. The third kappa shape index (κ3) is 3.01. The third-order valence-electron chi connectivity index (χ3n) is 3.60. The van der Waals surface area contributed by atoms with Crippen LogP contribution < -0.4 is 10.1 Å². The molecule has 2 heteroatoms. The molecule has 2 nitrogen and oxygen atoms in total. The van der Waals surface area contributed by atoms with Gasteiger partial charge in [-0.2, -0.15) is 0 Å². The van der Waals surface area contributed by atoms with Crippen molar-refractivity contribution < 1.29 is 4.74 Å². The third-order valence-corrected chi connectivity index (χ3v) is 3.60. The lowest BCUT2D eigenvalue weighted by atomic mass is 10.1. The Morgan fingerprint density at radius 2 is 2.12 bits per heavy atom. The fourth-order valence-electron chi connectivity index (χ4n) is 2.44. The van der Waals surface area contributed by atoms with Gasteiger partial charge in [0.05, 0.1) is 6.61 Å². The molecule has 0 aliphatic heterocycles. The van der Waals surface area contributed by atoms with Crippen LogP contribution >= 0.6 is 0 Å². The molecule has 17 heavy (non-hydrogen) atoms. The minimum absolute atomic E-state index is 0.374.